The van der Waals surface area contributed by atoms with Crippen molar-refractivity contribution in [2.45, 2.75) is 45.1 Å². The van der Waals surface area contributed by atoms with Gasteiger partial charge in [-0.05, 0) is 37.7 Å². The molecule has 2 heteroatoms. The van der Waals surface area contributed by atoms with Crippen molar-refractivity contribution in [1.82, 2.24) is 0 Å². The number of piperidine rings is 1. The van der Waals surface area contributed by atoms with Gasteiger partial charge >= 0.3 is 0 Å². The Morgan fingerprint density at radius 1 is 1.11 bits per heavy atom. The van der Waals surface area contributed by atoms with Crippen LogP contribution in [0.25, 0.3) is 0 Å². The largest absolute Gasteiger partial charge is 0.389 e. The summed E-state index contributed by atoms with van der Waals surface area (Å²) in [5.74, 6) is 1.84. The van der Waals surface area contributed by atoms with Crippen LogP contribution in [0.5, 0.6) is 0 Å². The summed E-state index contributed by atoms with van der Waals surface area (Å²) in [6.07, 6.45) is 6.64. The zero-order chi connectivity index (χ0) is 13.2. The first-order chi connectivity index (χ1) is 9.25. The van der Waals surface area contributed by atoms with Crippen LogP contribution in [0.4, 0.5) is 5.69 Å². The van der Waals surface area contributed by atoms with Crippen molar-refractivity contribution in [1.29, 1.82) is 0 Å². The maximum absolute atomic E-state index is 9.94. The molecule has 0 amide bonds. The van der Waals surface area contributed by atoms with Gasteiger partial charge in [0.1, 0.15) is 0 Å². The fourth-order valence-electron chi connectivity index (χ4n) is 3.95. The number of rotatable bonds is 2. The lowest BCUT2D eigenvalue weighted by molar-refractivity contribution is 0.193. The van der Waals surface area contributed by atoms with Gasteiger partial charge in [0.05, 0.1) is 6.10 Å². The van der Waals surface area contributed by atoms with E-state index in [-0.39, 0.29) is 6.10 Å². The summed E-state index contributed by atoms with van der Waals surface area (Å²) >= 11 is 0. The van der Waals surface area contributed by atoms with Crippen LogP contribution >= 0.6 is 0 Å². The molecule has 1 aliphatic heterocycles. The molecular weight excluding hydrogens is 234 g/mol. The van der Waals surface area contributed by atoms with Crippen molar-refractivity contribution in [2.24, 2.45) is 11.8 Å². The Balaban J connectivity index is 1.79. The molecule has 0 radical (unpaired) electrons. The maximum atomic E-state index is 9.94. The second-order valence-electron chi connectivity index (χ2n) is 6.27. The summed E-state index contributed by atoms with van der Waals surface area (Å²) in [7, 11) is 0. The van der Waals surface area contributed by atoms with E-state index in [0.29, 0.717) is 0 Å². The molecule has 1 aromatic rings. The van der Waals surface area contributed by atoms with Crippen molar-refractivity contribution < 1.29 is 5.11 Å². The lowest BCUT2D eigenvalue weighted by Crippen LogP contribution is -2.42. The molecule has 2 fully saturated rings. The third-order valence-corrected chi connectivity index (χ3v) is 5.02. The van der Waals surface area contributed by atoms with Gasteiger partial charge in [-0.1, -0.05) is 37.5 Å². The summed E-state index contributed by atoms with van der Waals surface area (Å²) in [4.78, 5) is 2.51. The van der Waals surface area contributed by atoms with E-state index in [0.717, 1.165) is 23.9 Å². The number of aliphatic hydroxyl groups is 1. The molecule has 1 heterocycles. The Bertz CT molecular complexity index is 429. The zero-order valence-corrected chi connectivity index (χ0v) is 11.9. The van der Waals surface area contributed by atoms with Gasteiger partial charge in [0.25, 0.3) is 0 Å². The predicted molar refractivity (Wildman–Crippen MR) is 79.4 cm³/mol. The Morgan fingerprint density at radius 2 is 1.84 bits per heavy atom. The Labute approximate surface area is 116 Å². The summed E-state index contributed by atoms with van der Waals surface area (Å²) in [6.45, 7) is 4.21. The van der Waals surface area contributed by atoms with Crippen molar-refractivity contribution in [3.8, 4) is 0 Å². The van der Waals surface area contributed by atoms with E-state index in [1.807, 2.05) is 13.0 Å². The van der Waals surface area contributed by atoms with Crippen LogP contribution < -0.4 is 4.90 Å². The second kappa shape index (κ2) is 5.54. The van der Waals surface area contributed by atoms with E-state index in [9.17, 15) is 5.11 Å². The molecule has 0 bridgehead atoms. The van der Waals surface area contributed by atoms with E-state index in [1.165, 1.54) is 44.3 Å². The highest BCUT2D eigenvalue weighted by Crippen LogP contribution is 2.38. The molecule has 2 aliphatic rings. The zero-order valence-electron chi connectivity index (χ0n) is 11.9. The first-order valence-corrected chi connectivity index (χ1v) is 7.77. The van der Waals surface area contributed by atoms with Crippen LogP contribution in [0, 0.1) is 11.8 Å². The topological polar surface area (TPSA) is 23.5 Å². The minimum absolute atomic E-state index is 0.375. The predicted octanol–water partition coefficient (Wildman–Crippen LogP) is 3.76. The van der Waals surface area contributed by atoms with Crippen molar-refractivity contribution in [3.05, 3.63) is 29.8 Å². The highest BCUT2D eigenvalue weighted by molar-refractivity contribution is 5.55. The molecule has 0 aromatic heterocycles. The summed E-state index contributed by atoms with van der Waals surface area (Å²) in [5.41, 5.74) is 2.33. The molecule has 3 rings (SSSR count). The van der Waals surface area contributed by atoms with E-state index < -0.39 is 0 Å². The van der Waals surface area contributed by atoms with Gasteiger partial charge in [0.15, 0.2) is 0 Å². The monoisotopic (exact) mass is 259 g/mol. The molecule has 2 nitrogen and oxygen atoms in total. The van der Waals surface area contributed by atoms with E-state index in [4.69, 9.17) is 0 Å². The highest BCUT2D eigenvalue weighted by Gasteiger charge is 2.31. The Morgan fingerprint density at radius 3 is 2.63 bits per heavy atom. The van der Waals surface area contributed by atoms with Gasteiger partial charge in [0, 0.05) is 24.3 Å². The fraction of sp³-hybridized carbons (Fsp3) is 0.647. The average molecular weight is 259 g/mol. The van der Waals surface area contributed by atoms with Crippen molar-refractivity contribution in [3.63, 3.8) is 0 Å². The van der Waals surface area contributed by atoms with Gasteiger partial charge < -0.3 is 10.0 Å². The SMILES string of the molecule is C[C@@H](O)c1ccccc1N1CCC2CCCCC2C1. The van der Waals surface area contributed by atoms with Crippen LogP contribution in [0.1, 0.15) is 50.7 Å². The number of nitrogens with zero attached hydrogens (tertiary/aromatic N) is 1. The molecule has 2 unspecified atom stereocenters. The third kappa shape index (κ3) is 2.64. The number of aliphatic hydroxyl groups excluding tert-OH is 1. The minimum Gasteiger partial charge on any atom is -0.389 e. The third-order valence-electron chi connectivity index (χ3n) is 5.02. The number of hydrogen-bond donors (Lipinski definition) is 1. The molecule has 104 valence electrons. The van der Waals surface area contributed by atoms with Crippen LogP contribution in [0.15, 0.2) is 24.3 Å². The van der Waals surface area contributed by atoms with E-state index in [2.05, 4.69) is 23.1 Å². The van der Waals surface area contributed by atoms with E-state index >= 15 is 0 Å². The molecule has 1 saturated carbocycles. The number of hydrogen-bond acceptors (Lipinski definition) is 2. The van der Waals surface area contributed by atoms with Crippen molar-refractivity contribution in [2.75, 3.05) is 18.0 Å². The number of anilines is 1. The molecular formula is C17H25NO. The van der Waals surface area contributed by atoms with Crippen LogP contribution in [0.3, 0.4) is 0 Å². The molecule has 1 N–H and O–H groups in total. The molecule has 0 spiro atoms. The molecule has 1 aliphatic carbocycles. The van der Waals surface area contributed by atoms with Crippen molar-refractivity contribution >= 4 is 5.69 Å². The van der Waals surface area contributed by atoms with Gasteiger partial charge in [0.2, 0.25) is 0 Å². The van der Waals surface area contributed by atoms with Gasteiger partial charge in [-0.15, -0.1) is 0 Å². The lowest BCUT2D eigenvalue weighted by atomic mass is 9.75. The van der Waals surface area contributed by atoms with Crippen LogP contribution in [-0.2, 0) is 0 Å². The summed E-state index contributed by atoms with van der Waals surface area (Å²) in [6, 6.07) is 8.35. The molecule has 1 saturated heterocycles. The second-order valence-corrected chi connectivity index (χ2v) is 6.27. The summed E-state index contributed by atoms with van der Waals surface area (Å²) in [5, 5.41) is 9.94. The van der Waals surface area contributed by atoms with Crippen LogP contribution in [-0.4, -0.2) is 18.2 Å². The van der Waals surface area contributed by atoms with Gasteiger partial charge in [-0.25, -0.2) is 0 Å². The number of benzene rings is 1. The lowest BCUT2D eigenvalue weighted by Gasteiger charge is -2.43. The molecule has 3 atom stereocenters. The Hall–Kier alpha value is -1.02. The number of fused-ring (bicyclic) bond motifs is 1. The fourth-order valence-corrected chi connectivity index (χ4v) is 3.95. The quantitative estimate of drug-likeness (QED) is 0.874. The van der Waals surface area contributed by atoms with Crippen LogP contribution in [0.2, 0.25) is 0 Å². The standard InChI is InChI=1S/C17H25NO/c1-13(19)16-8-4-5-9-17(16)18-11-10-14-6-2-3-7-15(14)12-18/h4-5,8-9,13-15,19H,2-3,6-7,10-12H2,1H3/t13-,14?,15?/m1/s1. The number of para-hydroxylation sites is 1. The van der Waals surface area contributed by atoms with Gasteiger partial charge in [-0.3, -0.25) is 0 Å². The normalized spacial score (nSPS) is 28.8. The first-order valence-electron chi connectivity index (χ1n) is 7.77. The smallest absolute Gasteiger partial charge is 0.0781 e. The molecule has 1 aromatic carbocycles. The highest BCUT2D eigenvalue weighted by atomic mass is 16.3. The Kier molecular flexibility index (Phi) is 3.79. The first kappa shape index (κ1) is 13.0. The molecule has 19 heavy (non-hydrogen) atoms. The van der Waals surface area contributed by atoms with E-state index in [1.54, 1.807) is 0 Å². The van der Waals surface area contributed by atoms with Gasteiger partial charge in [-0.2, -0.15) is 0 Å². The summed E-state index contributed by atoms with van der Waals surface area (Å²) < 4.78 is 0. The maximum Gasteiger partial charge on any atom is 0.0781 e. The minimum atomic E-state index is -0.375. The average Bonchev–Trinajstić information content (AvgIpc) is 2.46.